The van der Waals surface area contributed by atoms with Crippen molar-refractivity contribution in [3.05, 3.63) is 42.0 Å². The summed E-state index contributed by atoms with van der Waals surface area (Å²) in [7, 11) is 0. The van der Waals surface area contributed by atoms with E-state index in [2.05, 4.69) is 67.4 Å². The summed E-state index contributed by atoms with van der Waals surface area (Å²) in [6.45, 7) is 10.4. The van der Waals surface area contributed by atoms with Crippen LogP contribution in [0.3, 0.4) is 0 Å². The van der Waals surface area contributed by atoms with Gasteiger partial charge >= 0.3 is 0 Å². The van der Waals surface area contributed by atoms with Crippen LogP contribution in [0.2, 0.25) is 0 Å². The quantitative estimate of drug-likeness (QED) is 0.872. The maximum absolute atomic E-state index is 4.33. The number of aromatic nitrogens is 3. The summed E-state index contributed by atoms with van der Waals surface area (Å²) in [5, 5.41) is 7.71. The van der Waals surface area contributed by atoms with Gasteiger partial charge in [-0.3, -0.25) is 0 Å². The van der Waals surface area contributed by atoms with Crippen molar-refractivity contribution in [3.8, 4) is 0 Å². The van der Waals surface area contributed by atoms with E-state index in [-0.39, 0.29) is 0 Å². The molecule has 2 aromatic rings. The maximum atomic E-state index is 4.33. The molecule has 0 atom stereocenters. The lowest BCUT2D eigenvalue weighted by atomic mass is 10.0. The van der Waals surface area contributed by atoms with Gasteiger partial charge in [0, 0.05) is 12.2 Å². The van der Waals surface area contributed by atoms with Crippen molar-refractivity contribution in [1.82, 2.24) is 14.8 Å². The van der Waals surface area contributed by atoms with E-state index in [0.29, 0.717) is 18.4 Å². The monoisotopic (exact) mass is 272 g/mol. The molecule has 2 rings (SSSR count). The summed E-state index contributed by atoms with van der Waals surface area (Å²) in [5.74, 6) is 2.09. The van der Waals surface area contributed by atoms with Crippen molar-refractivity contribution in [3.63, 3.8) is 0 Å². The summed E-state index contributed by atoms with van der Waals surface area (Å²) in [6.07, 6.45) is 1.63. The molecule has 0 saturated carbocycles. The largest absolute Gasteiger partial charge is 0.378 e. The van der Waals surface area contributed by atoms with Gasteiger partial charge in [0.25, 0.3) is 0 Å². The minimum absolute atomic E-state index is 0.543. The maximum Gasteiger partial charge on any atom is 0.146 e. The minimum atomic E-state index is 0.543. The minimum Gasteiger partial charge on any atom is -0.378 e. The molecular weight excluding hydrogens is 248 g/mol. The zero-order valence-corrected chi connectivity index (χ0v) is 12.8. The van der Waals surface area contributed by atoms with Gasteiger partial charge in [0.05, 0.1) is 6.54 Å². The van der Waals surface area contributed by atoms with Crippen LogP contribution < -0.4 is 5.32 Å². The Hall–Kier alpha value is -1.84. The van der Waals surface area contributed by atoms with Crippen LogP contribution in [-0.4, -0.2) is 14.8 Å². The Kier molecular flexibility index (Phi) is 4.77. The number of anilines is 1. The van der Waals surface area contributed by atoms with E-state index >= 15 is 0 Å². The van der Waals surface area contributed by atoms with Crippen molar-refractivity contribution in [1.29, 1.82) is 0 Å². The van der Waals surface area contributed by atoms with Crippen molar-refractivity contribution < 1.29 is 0 Å². The molecule has 1 aromatic heterocycles. The highest BCUT2D eigenvalue weighted by atomic mass is 15.3. The number of nitrogens with zero attached hydrogens (tertiary/aromatic N) is 3. The molecule has 0 fully saturated rings. The number of rotatable bonds is 6. The predicted molar refractivity (Wildman–Crippen MR) is 82.7 cm³/mol. The molecule has 108 valence electrons. The third-order valence-electron chi connectivity index (χ3n) is 3.24. The summed E-state index contributed by atoms with van der Waals surface area (Å²) < 4.78 is 1.98. The van der Waals surface area contributed by atoms with Gasteiger partial charge in [-0.05, 0) is 29.5 Å². The Morgan fingerprint density at radius 3 is 2.70 bits per heavy atom. The molecule has 0 aliphatic heterocycles. The lowest BCUT2D eigenvalue weighted by Crippen LogP contribution is -2.13. The molecule has 20 heavy (non-hydrogen) atoms. The lowest BCUT2D eigenvalue weighted by molar-refractivity contribution is 0.468. The molecule has 0 aliphatic rings. The van der Waals surface area contributed by atoms with Gasteiger partial charge < -0.3 is 5.32 Å². The molecule has 0 aliphatic carbocycles. The Morgan fingerprint density at radius 2 is 2.00 bits per heavy atom. The summed E-state index contributed by atoms with van der Waals surface area (Å²) >= 11 is 0. The summed E-state index contributed by atoms with van der Waals surface area (Å²) in [6, 6.07) is 8.55. The summed E-state index contributed by atoms with van der Waals surface area (Å²) in [4.78, 5) is 4.33. The van der Waals surface area contributed by atoms with Gasteiger partial charge in [0.1, 0.15) is 12.2 Å². The first-order valence-electron chi connectivity index (χ1n) is 7.26. The number of hydrogen-bond donors (Lipinski definition) is 1. The van der Waals surface area contributed by atoms with Crippen molar-refractivity contribution >= 4 is 5.69 Å². The molecule has 0 bridgehead atoms. The molecule has 1 N–H and O–H groups in total. The molecule has 0 amide bonds. The van der Waals surface area contributed by atoms with Crippen molar-refractivity contribution in [2.24, 2.45) is 5.92 Å². The third kappa shape index (κ3) is 3.83. The first kappa shape index (κ1) is 14.6. The average Bonchev–Trinajstić information content (AvgIpc) is 2.83. The zero-order chi connectivity index (χ0) is 14.5. The highest BCUT2D eigenvalue weighted by Gasteiger charge is 2.06. The molecular formula is C16H24N4. The van der Waals surface area contributed by atoms with E-state index in [9.17, 15) is 0 Å². The second-order valence-corrected chi connectivity index (χ2v) is 5.89. The van der Waals surface area contributed by atoms with Gasteiger partial charge in [-0.25, -0.2) is 9.67 Å². The topological polar surface area (TPSA) is 42.7 Å². The molecule has 4 nitrogen and oxygen atoms in total. The van der Waals surface area contributed by atoms with Crippen LogP contribution in [0, 0.1) is 5.92 Å². The van der Waals surface area contributed by atoms with E-state index in [4.69, 9.17) is 0 Å². The average molecular weight is 272 g/mol. The van der Waals surface area contributed by atoms with E-state index in [1.807, 2.05) is 4.68 Å². The molecule has 1 aromatic carbocycles. The van der Waals surface area contributed by atoms with Crippen LogP contribution in [0.25, 0.3) is 0 Å². The van der Waals surface area contributed by atoms with E-state index < -0.39 is 0 Å². The molecule has 0 unspecified atom stereocenters. The molecule has 0 radical (unpaired) electrons. The Morgan fingerprint density at radius 1 is 1.20 bits per heavy atom. The lowest BCUT2D eigenvalue weighted by Gasteiger charge is -2.12. The number of hydrogen-bond acceptors (Lipinski definition) is 3. The first-order valence-corrected chi connectivity index (χ1v) is 7.26. The number of benzene rings is 1. The Balaban J connectivity index is 2.02. The van der Waals surface area contributed by atoms with Crippen LogP contribution in [0.1, 0.15) is 45.0 Å². The van der Waals surface area contributed by atoms with Gasteiger partial charge in [0.15, 0.2) is 0 Å². The van der Waals surface area contributed by atoms with Crippen LogP contribution >= 0.6 is 0 Å². The molecule has 1 heterocycles. The first-order chi connectivity index (χ1) is 9.56. The fourth-order valence-electron chi connectivity index (χ4n) is 2.11. The Labute approximate surface area is 121 Å². The van der Waals surface area contributed by atoms with Crippen LogP contribution in [0.4, 0.5) is 5.69 Å². The molecule has 0 spiro atoms. The standard InChI is InChI=1S/C16H24N4/c1-12(2)10-20-16(18-11-19-20)9-17-15-7-5-6-14(8-15)13(3)4/h5-8,11-13,17H,9-10H2,1-4H3. The molecule has 4 heteroatoms. The second-order valence-electron chi connectivity index (χ2n) is 5.89. The number of nitrogens with one attached hydrogen (secondary N) is 1. The predicted octanol–water partition coefficient (Wildman–Crippen LogP) is 3.67. The fourth-order valence-corrected chi connectivity index (χ4v) is 2.11. The van der Waals surface area contributed by atoms with Crippen molar-refractivity contribution in [2.45, 2.75) is 46.7 Å². The second kappa shape index (κ2) is 6.55. The van der Waals surface area contributed by atoms with Gasteiger partial charge in [-0.15, -0.1) is 0 Å². The molecule has 0 saturated heterocycles. The smallest absolute Gasteiger partial charge is 0.146 e. The van der Waals surface area contributed by atoms with Crippen LogP contribution in [-0.2, 0) is 13.1 Å². The fraction of sp³-hybridized carbons (Fsp3) is 0.500. The van der Waals surface area contributed by atoms with Gasteiger partial charge in [-0.2, -0.15) is 5.10 Å². The van der Waals surface area contributed by atoms with Crippen LogP contribution in [0.5, 0.6) is 0 Å². The highest BCUT2D eigenvalue weighted by molar-refractivity contribution is 5.46. The van der Waals surface area contributed by atoms with E-state index in [1.54, 1.807) is 6.33 Å². The van der Waals surface area contributed by atoms with Crippen molar-refractivity contribution in [2.75, 3.05) is 5.32 Å². The summed E-state index contributed by atoms with van der Waals surface area (Å²) in [5.41, 5.74) is 2.48. The van der Waals surface area contributed by atoms with E-state index in [1.165, 1.54) is 5.56 Å². The Bertz CT molecular complexity index is 543. The van der Waals surface area contributed by atoms with Crippen LogP contribution in [0.15, 0.2) is 30.6 Å². The zero-order valence-electron chi connectivity index (χ0n) is 12.8. The van der Waals surface area contributed by atoms with E-state index in [0.717, 1.165) is 18.1 Å². The third-order valence-corrected chi connectivity index (χ3v) is 3.24. The highest BCUT2D eigenvalue weighted by Crippen LogP contribution is 2.18. The van der Waals surface area contributed by atoms with Gasteiger partial charge in [-0.1, -0.05) is 39.8 Å². The van der Waals surface area contributed by atoms with Gasteiger partial charge in [0.2, 0.25) is 0 Å². The SMILES string of the molecule is CC(C)Cn1ncnc1CNc1cccc(C(C)C)c1. The normalized spacial score (nSPS) is 11.3.